The third-order valence-corrected chi connectivity index (χ3v) is 9.52. The van der Waals surface area contributed by atoms with Crippen molar-refractivity contribution in [1.82, 2.24) is 9.79 Å². The van der Waals surface area contributed by atoms with Crippen LogP contribution in [0.1, 0.15) is 18.4 Å². The number of carbonyl (C=O) groups excluding carboxylic acids is 1. The molecule has 0 atom stereocenters. The second kappa shape index (κ2) is 13.1. The Morgan fingerprint density at radius 2 is 1.56 bits per heavy atom. The number of alkyl halides is 8. The highest BCUT2D eigenvalue weighted by Gasteiger charge is 2.75. The molecule has 2 saturated heterocycles. The molecular weight excluding hydrogens is 622 g/mol. The number of hydroxylamine groups is 1. The molecule has 0 unspecified atom stereocenters. The number of rotatable bonds is 11. The second-order valence-electron chi connectivity index (χ2n) is 9.30. The van der Waals surface area contributed by atoms with Crippen LogP contribution in [0.25, 0.3) is 0 Å². The SMILES string of the molecule is Cl.O=C(NO)C1(S(=O)(=O)N2CCN(c3ccc(COCC(F)(F)C(F)(F)C(F)(F)C(F)F)cc3)CC2)CCOCC1. The van der Waals surface area contributed by atoms with Gasteiger partial charge in [0.1, 0.15) is 6.61 Å². The van der Waals surface area contributed by atoms with Crippen molar-refractivity contribution >= 4 is 34.0 Å². The fourth-order valence-electron chi connectivity index (χ4n) is 4.41. The quantitative estimate of drug-likeness (QED) is 0.215. The van der Waals surface area contributed by atoms with Crippen molar-refractivity contribution in [2.24, 2.45) is 0 Å². The summed E-state index contributed by atoms with van der Waals surface area (Å²) in [7, 11) is -4.18. The molecule has 0 aliphatic carbocycles. The Bertz CT molecular complexity index is 1130. The van der Waals surface area contributed by atoms with E-state index in [-0.39, 0.29) is 70.2 Å². The molecule has 2 fully saturated rings. The molecule has 1 aromatic carbocycles. The van der Waals surface area contributed by atoms with Gasteiger partial charge in [0.05, 0.1) is 6.61 Å². The molecule has 0 radical (unpaired) electrons. The molecule has 0 spiro atoms. The topological polar surface area (TPSA) is 108 Å². The molecule has 1 amide bonds. The van der Waals surface area contributed by atoms with Crippen LogP contribution in [0.3, 0.4) is 0 Å². The van der Waals surface area contributed by atoms with Crippen LogP contribution in [0.4, 0.5) is 40.8 Å². The summed E-state index contributed by atoms with van der Waals surface area (Å²) >= 11 is 0. The van der Waals surface area contributed by atoms with Gasteiger partial charge in [0.2, 0.25) is 10.0 Å². The molecule has 2 heterocycles. The summed E-state index contributed by atoms with van der Waals surface area (Å²) in [6, 6.07) is 5.73. The van der Waals surface area contributed by atoms with Crippen molar-refractivity contribution in [2.45, 2.75) is 48.4 Å². The van der Waals surface area contributed by atoms with Crippen molar-refractivity contribution in [3.63, 3.8) is 0 Å². The maximum atomic E-state index is 13.6. The fourth-order valence-corrected chi connectivity index (χ4v) is 6.51. The number of nitrogens with zero attached hydrogens (tertiary/aromatic N) is 2. The number of amides is 1. The molecule has 19 heteroatoms. The number of ether oxygens (including phenoxy) is 2. The lowest BCUT2D eigenvalue weighted by atomic mass is 9.98. The number of anilines is 1. The summed E-state index contributed by atoms with van der Waals surface area (Å²) in [5, 5.41) is 9.14. The van der Waals surface area contributed by atoms with Crippen LogP contribution < -0.4 is 10.4 Å². The molecule has 2 N–H and O–H groups in total. The maximum Gasteiger partial charge on any atom is 0.380 e. The smallest absolute Gasteiger partial charge is 0.380 e. The molecule has 236 valence electrons. The van der Waals surface area contributed by atoms with Gasteiger partial charge in [-0.25, -0.2) is 22.7 Å². The first-order valence-corrected chi connectivity index (χ1v) is 13.3. The first kappa shape index (κ1) is 35.2. The number of nitrogens with one attached hydrogen (secondary N) is 1. The van der Waals surface area contributed by atoms with Gasteiger partial charge in [-0.05, 0) is 17.7 Å². The van der Waals surface area contributed by atoms with E-state index in [1.54, 1.807) is 4.90 Å². The Kier molecular flexibility index (Phi) is 11.3. The molecular formula is C22H28ClF8N3O6S. The van der Waals surface area contributed by atoms with Crippen molar-refractivity contribution in [1.29, 1.82) is 0 Å². The van der Waals surface area contributed by atoms with E-state index >= 15 is 0 Å². The van der Waals surface area contributed by atoms with Crippen molar-refractivity contribution in [3.05, 3.63) is 29.8 Å². The van der Waals surface area contributed by atoms with Gasteiger partial charge in [0.15, 0.2) is 4.75 Å². The van der Waals surface area contributed by atoms with Crippen LogP contribution in [0.5, 0.6) is 0 Å². The van der Waals surface area contributed by atoms with Crippen LogP contribution in [0.2, 0.25) is 0 Å². The minimum Gasteiger partial charge on any atom is -0.381 e. The monoisotopic (exact) mass is 649 g/mol. The van der Waals surface area contributed by atoms with Gasteiger partial charge in [-0.3, -0.25) is 10.0 Å². The van der Waals surface area contributed by atoms with E-state index in [0.29, 0.717) is 5.69 Å². The van der Waals surface area contributed by atoms with E-state index < -0.39 is 58.1 Å². The van der Waals surface area contributed by atoms with E-state index in [2.05, 4.69) is 4.74 Å². The Morgan fingerprint density at radius 1 is 1.02 bits per heavy atom. The molecule has 0 bridgehead atoms. The van der Waals surface area contributed by atoms with E-state index in [1.807, 2.05) is 0 Å². The number of benzene rings is 1. The number of sulfonamides is 1. The lowest BCUT2D eigenvalue weighted by Crippen LogP contribution is -2.62. The van der Waals surface area contributed by atoms with E-state index in [1.165, 1.54) is 29.7 Å². The lowest BCUT2D eigenvalue weighted by molar-refractivity contribution is -0.346. The number of piperazine rings is 1. The molecule has 2 aliphatic rings. The Balaban J connectivity index is 0.00000588. The highest BCUT2D eigenvalue weighted by molar-refractivity contribution is 7.91. The van der Waals surface area contributed by atoms with Crippen LogP contribution in [0, 0.1) is 0 Å². The summed E-state index contributed by atoms with van der Waals surface area (Å²) < 4.78 is 140. The average Bonchev–Trinajstić information content (AvgIpc) is 2.93. The van der Waals surface area contributed by atoms with Crippen LogP contribution in [-0.2, 0) is 30.9 Å². The minimum atomic E-state index is -6.35. The Hall–Kier alpha value is -1.99. The zero-order valence-electron chi connectivity index (χ0n) is 21.2. The number of hydrogen-bond acceptors (Lipinski definition) is 7. The van der Waals surface area contributed by atoms with Crippen molar-refractivity contribution in [2.75, 3.05) is 50.9 Å². The first-order valence-electron chi connectivity index (χ1n) is 11.9. The zero-order valence-corrected chi connectivity index (χ0v) is 22.8. The number of halogens is 9. The van der Waals surface area contributed by atoms with Gasteiger partial charge in [0, 0.05) is 57.9 Å². The molecule has 3 rings (SSSR count). The van der Waals surface area contributed by atoms with Gasteiger partial charge in [-0.15, -0.1) is 12.4 Å². The van der Waals surface area contributed by atoms with E-state index in [0.717, 1.165) is 4.31 Å². The minimum absolute atomic E-state index is 0. The molecule has 0 saturated carbocycles. The summed E-state index contributed by atoms with van der Waals surface area (Å²) in [5.74, 6) is -19.2. The fraction of sp³-hybridized carbons (Fsp3) is 0.682. The third-order valence-electron chi connectivity index (χ3n) is 6.89. The zero-order chi connectivity index (χ0) is 30.0. The summed E-state index contributed by atoms with van der Waals surface area (Å²) in [6.45, 7) is -2.51. The molecule has 0 aromatic heterocycles. The van der Waals surface area contributed by atoms with Gasteiger partial charge < -0.3 is 14.4 Å². The second-order valence-corrected chi connectivity index (χ2v) is 11.5. The molecule has 41 heavy (non-hydrogen) atoms. The standard InChI is InChI=1S/C22H27F8N3O6S.ClH/c23-17(24)21(27,28)22(29,30)20(25,26)14-39-13-15-1-3-16(4-2-15)32-7-9-33(10-8-32)40(36,37)19(18(34)31-35)5-11-38-12-6-19;/h1-4,17,35H,5-14H2,(H,31,34);1H. The summed E-state index contributed by atoms with van der Waals surface area (Å²) in [4.78, 5) is 14.1. The van der Waals surface area contributed by atoms with Crippen LogP contribution in [0.15, 0.2) is 24.3 Å². The van der Waals surface area contributed by atoms with Gasteiger partial charge in [-0.2, -0.15) is 30.6 Å². The maximum absolute atomic E-state index is 13.6. The van der Waals surface area contributed by atoms with Crippen LogP contribution >= 0.6 is 12.4 Å². The predicted molar refractivity (Wildman–Crippen MR) is 130 cm³/mol. The van der Waals surface area contributed by atoms with E-state index in [9.17, 15) is 48.3 Å². The normalized spacial score (nSPS) is 19.1. The summed E-state index contributed by atoms with van der Waals surface area (Å²) in [6.07, 6.45) is -5.28. The number of carbonyl (C=O) groups is 1. The highest BCUT2D eigenvalue weighted by atomic mass is 35.5. The summed E-state index contributed by atoms with van der Waals surface area (Å²) in [5.41, 5.74) is 2.19. The van der Waals surface area contributed by atoms with Gasteiger partial charge >= 0.3 is 24.2 Å². The number of hydrogen-bond donors (Lipinski definition) is 2. The highest BCUT2D eigenvalue weighted by Crippen LogP contribution is 2.48. The Morgan fingerprint density at radius 3 is 2.05 bits per heavy atom. The third kappa shape index (κ3) is 6.66. The first-order chi connectivity index (χ1) is 18.5. The molecule has 2 aliphatic heterocycles. The van der Waals surface area contributed by atoms with E-state index in [4.69, 9.17) is 9.94 Å². The predicted octanol–water partition coefficient (Wildman–Crippen LogP) is 3.30. The van der Waals surface area contributed by atoms with Crippen LogP contribution in [-0.4, -0.2) is 98.8 Å². The van der Waals surface area contributed by atoms with Gasteiger partial charge in [-0.1, -0.05) is 12.1 Å². The molecule has 9 nitrogen and oxygen atoms in total. The largest absolute Gasteiger partial charge is 0.381 e. The Labute approximate surface area is 236 Å². The van der Waals surface area contributed by atoms with Crippen molar-refractivity contribution < 1.29 is 63.0 Å². The van der Waals surface area contributed by atoms with Crippen molar-refractivity contribution in [3.8, 4) is 0 Å². The van der Waals surface area contributed by atoms with Gasteiger partial charge in [0.25, 0.3) is 5.91 Å². The molecule has 1 aromatic rings. The average molecular weight is 650 g/mol. The lowest BCUT2D eigenvalue weighted by Gasteiger charge is -2.42.